The van der Waals surface area contributed by atoms with Gasteiger partial charge < -0.3 is 11.1 Å². The number of aryl methyl sites for hydroxylation is 1. The fourth-order valence-electron chi connectivity index (χ4n) is 1.85. The van der Waals surface area contributed by atoms with Crippen molar-refractivity contribution in [1.29, 1.82) is 0 Å². The van der Waals surface area contributed by atoms with E-state index in [0.717, 1.165) is 12.8 Å². The van der Waals surface area contributed by atoms with Crippen molar-refractivity contribution in [2.75, 3.05) is 11.9 Å². The molecule has 0 aliphatic rings. The SMILES string of the molecule is CCC(CC)(CN)Nc1ccc([N+](=O)[O-])c(C)n1. The average molecular weight is 252 g/mol. The Morgan fingerprint density at radius 2 is 2.06 bits per heavy atom. The molecule has 0 unspecified atom stereocenters. The Labute approximate surface area is 107 Å². The third kappa shape index (κ3) is 2.95. The quantitative estimate of drug-likeness (QED) is 0.598. The second-order valence-corrected chi connectivity index (χ2v) is 4.37. The fraction of sp³-hybridized carbons (Fsp3) is 0.583. The molecule has 0 radical (unpaired) electrons. The van der Waals surface area contributed by atoms with Crippen LogP contribution in [0.1, 0.15) is 32.4 Å². The van der Waals surface area contributed by atoms with E-state index in [1.807, 2.05) is 0 Å². The van der Waals surface area contributed by atoms with Gasteiger partial charge in [0.1, 0.15) is 11.5 Å². The lowest BCUT2D eigenvalue weighted by atomic mass is 9.93. The first-order chi connectivity index (χ1) is 8.48. The highest BCUT2D eigenvalue weighted by Gasteiger charge is 2.25. The fourth-order valence-corrected chi connectivity index (χ4v) is 1.85. The number of nitro groups is 1. The molecule has 0 spiro atoms. The lowest BCUT2D eigenvalue weighted by Gasteiger charge is -2.32. The molecule has 1 rings (SSSR count). The van der Waals surface area contributed by atoms with Crippen molar-refractivity contribution in [2.24, 2.45) is 5.73 Å². The first-order valence-corrected chi connectivity index (χ1v) is 6.08. The van der Waals surface area contributed by atoms with Crippen LogP contribution in [0.4, 0.5) is 11.5 Å². The predicted molar refractivity (Wildman–Crippen MR) is 71.6 cm³/mol. The van der Waals surface area contributed by atoms with Crippen LogP contribution in [-0.2, 0) is 0 Å². The van der Waals surface area contributed by atoms with Gasteiger partial charge in [0.25, 0.3) is 5.69 Å². The summed E-state index contributed by atoms with van der Waals surface area (Å²) >= 11 is 0. The lowest BCUT2D eigenvalue weighted by molar-refractivity contribution is -0.385. The molecule has 0 atom stereocenters. The molecule has 100 valence electrons. The van der Waals surface area contributed by atoms with Crippen molar-refractivity contribution < 1.29 is 4.92 Å². The molecule has 3 N–H and O–H groups in total. The highest BCUT2D eigenvalue weighted by molar-refractivity contribution is 5.46. The number of nitrogens with zero attached hydrogens (tertiary/aromatic N) is 2. The minimum absolute atomic E-state index is 0.0342. The maximum Gasteiger partial charge on any atom is 0.290 e. The van der Waals surface area contributed by atoms with Gasteiger partial charge >= 0.3 is 0 Å². The molecule has 0 aromatic carbocycles. The van der Waals surface area contributed by atoms with Crippen LogP contribution in [0.25, 0.3) is 0 Å². The van der Waals surface area contributed by atoms with E-state index in [4.69, 9.17) is 5.73 Å². The van der Waals surface area contributed by atoms with Crippen LogP contribution in [0.5, 0.6) is 0 Å². The summed E-state index contributed by atoms with van der Waals surface area (Å²) in [6, 6.07) is 3.10. The van der Waals surface area contributed by atoms with Crippen molar-refractivity contribution in [3.8, 4) is 0 Å². The maximum atomic E-state index is 10.7. The molecule has 0 bridgehead atoms. The summed E-state index contributed by atoms with van der Waals surface area (Å²) < 4.78 is 0. The lowest BCUT2D eigenvalue weighted by Crippen LogP contribution is -2.44. The number of aromatic nitrogens is 1. The molecule has 0 amide bonds. The summed E-state index contributed by atoms with van der Waals surface area (Å²) in [5, 5.41) is 14.0. The monoisotopic (exact) mass is 252 g/mol. The molecule has 0 aliphatic carbocycles. The molecule has 0 fully saturated rings. The highest BCUT2D eigenvalue weighted by atomic mass is 16.6. The summed E-state index contributed by atoms with van der Waals surface area (Å²) in [6.07, 6.45) is 1.75. The van der Waals surface area contributed by atoms with E-state index in [-0.39, 0.29) is 11.2 Å². The van der Waals surface area contributed by atoms with Gasteiger partial charge in [-0.2, -0.15) is 0 Å². The van der Waals surface area contributed by atoms with Crippen LogP contribution in [0.15, 0.2) is 12.1 Å². The van der Waals surface area contributed by atoms with Gasteiger partial charge in [-0.3, -0.25) is 10.1 Å². The summed E-state index contributed by atoms with van der Waals surface area (Å²) in [7, 11) is 0. The van der Waals surface area contributed by atoms with Gasteiger partial charge in [0.2, 0.25) is 0 Å². The Balaban J connectivity index is 2.98. The molecular formula is C12H20N4O2. The van der Waals surface area contributed by atoms with E-state index < -0.39 is 4.92 Å². The first kappa shape index (κ1) is 14.4. The van der Waals surface area contributed by atoms with Gasteiger partial charge in [0.05, 0.1) is 10.5 Å². The topological polar surface area (TPSA) is 94.1 Å². The van der Waals surface area contributed by atoms with Gasteiger partial charge in [-0.05, 0) is 25.8 Å². The van der Waals surface area contributed by atoms with Crippen LogP contribution in [0.3, 0.4) is 0 Å². The summed E-state index contributed by atoms with van der Waals surface area (Å²) in [4.78, 5) is 14.5. The van der Waals surface area contributed by atoms with Crippen molar-refractivity contribution in [1.82, 2.24) is 4.98 Å². The molecule has 6 heteroatoms. The number of rotatable bonds is 6. The molecule has 0 saturated carbocycles. The Kier molecular flexibility index (Phi) is 4.61. The standard InChI is InChI=1S/C12H20N4O2/c1-4-12(5-2,8-13)15-11-7-6-10(16(17)18)9(3)14-11/h6-7H,4-5,8,13H2,1-3H3,(H,14,15). The van der Waals surface area contributed by atoms with E-state index in [9.17, 15) is 10.1 Å². The van der Waals surface area contributed by atoms with E-state index in [2.05, 4.69) is 24.1 Å². The minimum Gasteiger partial charge on any atom is -0.363 e. The number of anilines is 1. The second kappa shape index (κ2) is 5.77. The van der Waals surface area contributed by atoms with Crippen LogP contribution in [-0.4, -0.2) is 22.0 Å². The zero-order valence-electron chi connectivity index (χ0n) is 11.1. The molecular weight excluding hydrogens is 232 g/mol. The molecule has 1 aromatic rings. The largest absolute Gasteiger partial charge is 0.363 e. The van der Waals surface area contributed by atoms with Crippen LogP contribution >= 0.6 is 0 Å². The summed E-state index contributed by atoms with van der Waals surface area (Å²) in [6.45, 7) is 6.24. The van der Waals surface area contributed by atoms with Crippen LogP contribution < -0.4 is 11.1 Å². The van der Waals surface area contributed by atoms with E-state index >= 15 is 0 Å². The molecule has 0 aliphatic heterocycles. The number of nitrogens with two attached hydrogens (primary N) is 1. The predicted octanol–water partition coefficient (Wildman–Crippen LogP) is 2.23. The zero-order valence-corrected chi connectivity index (χ0v) is 11.1. The van der Waals surface area contributed by atoms with Crippen molar-refractivity contribution in [2.45, 2.75) is 39.2 Å². The van der Waals surface area contributed by atoms with Crippen molar-refractivity contribution >= 4 is 11.5 Å². The Morgan fingerprint density at radius 1 is 1.44 bits per heavy atom. The number of hydrogen-bond acceptors (Lipinski definition) is 5. The number of nitrogens with one attached hydrogen (secondary N) is 1. The van der Waals surface area contributed by atoms with Crippen molar-refractivity contribution in [3.05, 3.63) is 27.9 Å². The van der Waals surface area contributed by atoms with Gasteiger partial charge in [-0.25, -0.2) is 4.98 Å². The highest BCUT2D eigenvalue weighted by Crippen LogP contribution is 2.23. The molecule has 6 nitrogen and oxygen atoms in total. The third-order valence-electron chi connectivity index (χ3n) is 3.39. The average Bonchev–Trinajstić information content (AvgIpc) is 2.36. The third-order valence-corrected chi connectivity index (χ3v) is 3.39. The molecule has 0 saturated heterocycles. The molecule has 1 aromatic heterocycles. The van der Waals surface area contributed by atoms with Gasteiger partial charge in [0.15, 0.2) is 0 Å². The first-order valence-electron chi connectivity index (χ1n) is 6.08. The molecule has 18 heavy (non-hydrogen) atoms. The van der Waals surface area contributed by atoms with Crippen LogP contribution in [0.2, 0.25) is 0 Å². The van der Waals surface area contributed by atoms with E-state index in [1.165, 1.54) is 6.07 Å². The maximum absolute atomic E-state index is 10.7. The Hall–Kier alpha value is -1.69. The number of pyridine rings is 1. The van der Waals surface area contributed by atoms with Gasteiger partial charge in [-0.1, -0.05) is 13.8 Å². The number of hydrogen-bond donors (Lipinski definition) is 2. The Bertz CT molecular complexity index is 422. The van der Waals surface area contributed by atoms with Gasteiger partial charge in [0, 0.05) is 12.6 Å². The normalized spacial score (nSPS) is 11.3. The molecule has 1 heterocycles. The summed E-state index contributed by atoms with van der Waals surface area (Å²) in [5.41, 5.74) is 6.04. The Morgan fingerprint density at radius 3 is 2.44 bits per heavy atom. The zero-order chi connectivity index (χ0) is 13.8. The smallest absolute Gasteiger partial charge is 0.290 e. The summed E-state index contributed by atoms with van der Waals surface area (Å²) in [5.74, 6) is 0.632. The van der Waals surface area contributed by atoms with Crippen LogP contribution in [0, 0.1) is 17.0 Å². The second-order valence-electron chi connectivity index (χ2n) is 4.37. The van der Waals surface area contributed by atoms with E-state index in [1.54, 1.807) is 13.0 Å². The minimum atomic E-state index is -0.429. The van der Waals surface area contributed by atoms with Gasteiger partial charge in [-0.15, -0.1) is 0 Å². The van der Waals surface area contributed by atoms with E-state index in [0.29, 0.717) is 18.1 Å². The van der Waals surface area contributed by atoms with Crippen molar-refractivity contribution in [3.63, 3.8) is 0 Å².